The van der Waals surface area contributed by atoms with E-state index in [0.29, 0.717) is 52.0 Å². The largest absolute Gasteiger partial charge is 0.481 e. The summed E-state index contributed by atoms with van der Waals surface area (Å²) >= 11 is 0. The van der Waals surface area contributed by atoms with Crippen molar-refractivity contribution >= 4 is 31.9 Å². The summed E-state index contributed by atoms with van der Waals surface area (Å²) in [6.45, 7) is 7.06. The number of anilines is 1. The zero-order valence-corrected chi connectivity index (χ0v) is 33.2. The fraction of sp³-hybridized carbons (Fsp3) is 0.605. The van der Waals surface area contributed by atoms with Gasteiger partial charge < -0.3 is 33.7 Å². The molecule has 0 saturated carbocycles. The van der Waals surface area contributed by atoms with Crippen LogP contribution < -0.4 is 9.80 Å². The highest BCUT2D eigenvalue weighted by Crippen LogP contribution is 2.51. The molecule has 0 radical (unpaired) electrons. The van der Waals surface area contributed by atoms with Crippen molar-refractivity contribution in [1.29, 1.82) is 0 Å². The molecule has 1 aromatic rings. The van der Waals surface area contributed by atoms with Crippen LogP contribution in [0.1, 0.15) is 77.2 Å². The van der Waals surface area contributed by atoms with Gasteiger partial charge in [-0.2, -0.15) is 8.42 Å². The van der Waals surface area contributed by atoms with Crippen LogP contribution in [0.3, 0.4) is 0 Å². The number of fused-ring (bicyclic) bond motifs is 2. The van der Waals surface area contributed by atoms with E-state index in [1.807, 2.05) is 19.1 Å². The van der Waals surface area contributed by atoms with Gasteiger partial charge in [0.2, 0.25) is 0 Å². The molecule has 53 heavy (non-hydrogen) atoms. The Hall–Kier alpha value is -2.89. The van der Waals surface area contributed by atoms with Gasteiger partial charge in [-0.25, -0.2) is 0 Å². The molecule has 0 spiro atoms. The van der Waals surface area contributed by atoms with Crippen LogP contribution >= 0.6 is 0 Å². The van der Waals surface area contributed by atoms with Crippen molar-refractivity contribution in [2.45, 2.75) is 88.0 Å². The lowest BCUT2D eigenvalue weighted by Gasteiger charge is -2.34. The van der Waals surface area contributed by atoms with Gasteiger partial charge in [-0.3, -0.25) is 9.35 Å². The second kappa shape index (κ2) is 18.2. The topological polar surface area (TPSA) is 184 Å². The minimum Gasteiger partial charge on any atom is -0.481 e. The van der Waals surface area contributed by atoms with Crippen LogP contribution in [0.15, 0.2) is 69.8 Å². The third-order valence-electron chi connectivity index (χ3n) is 11.5. The Bertz CT molecular complexity index is 1800. The van der Waals surface area contributed by atoms with Gasteiger partial charge in [0, 0.05) is 88.5 Å². The number of benzene rings is 1. The van der Waals surface area contributed by atoms with Gasteiger partial charge in [-0.1, -0.05) is 25.5 Å². The molecule has 0 bridgehead atoms. The number of likely N-dealkylation sites (tertiary alicyclic amines) is 1. The highest BCUT2D eigenvalue weighted by Gasteiger charge is 2.58. The SMILES string of the molecule is COCC[NH+]1C2=CC=C(S(=O)(=O)[OH2+])CC2C(C)(CCOC)C1CCC=CC=C1N(CCCCCC(=O)O)c2ccc(S(=O)(=O)O)cc2C1(C)CCOC. The van der Waals surface area contributed by atoms with Crippen LogP contribution in [0, 0.1) is 11.3 Å². The first-order chi connectivity index (χ1) is 25.0. The molecule has 4 rings (SSSR count). The number of ether oxygens (including phenoxy) is 3. The van der Waals surface area contributed by atoms with E-state index in [0.717, 1.165) is 54.9 Å². The maximum atomic E-state index is 12.3. The maximum absolute atomic E-state index is 12.3. The number of quaternary nitrogens is 1. The quantitative estimate of drug-likeness (QED) is 0.0939. The van der Waals surface area contributed by atoms with Crippen molar-refractivity contribution in [2.75, 3.05) is 59.1 Å². The van der Waals surface area contributed by atoms with Gasteiger partial charge in [-0.15, -0.1) is 8.42 Å². The van der Waals surface area contributed by atoms with Crippen LogP contribution in [0.2, 0.25) is 0 Å². The molecule has 5 atom stereocenters. The van der Waals surface area contributed by atoms with Gasteiger partial charge in [0.15, 0.2) is 0 Å². The zero-order chi connectivity index (χ0) is 39.0. The number of aliphatic carboxylic acids is 1. The van der Waals surface area contributed by atoms with Crippen LogP contribution in [-0.2, 0) is 44.7 Å². The normalized spacial score (nSPS) is 26.6. The third-order valence-corrected chi connectivity index (χ3v) is 13.3. The molecule has 1 saturated heterocycles. The van der Waals surface area contributed by atoms with Gasteiger partial charge in [0.05, 0.1) is 17.5 Å². The predicted molar refractivity (Wildman–Crippen MR) is 203 cm³/mol. The Morgan fingerprint density at radius 2 is 1.72 bits per heavy atom. The van der Waals surface area contributed by atoms with Gasteiger partial charge in [-0.05, 0) is 81.0 Å². The zero-order valence-electron chi connectivity index (χ0n) is 31.6. The van der Waals surface area contributed by atoms with E-state index in [1.54, 1.807) is 39.5 Å². The molecule has 3 aliphatic rings. The van der Waals surface area contributed by atoms with Crippen molar-refractivity contribution in [3.63, 3.8) is 0 Å². The van der Waals surface area contributed by atoms with Crippen LogP contribution in [-0.4, -0.2) is 97.3 Å². The third kappa shape index (κ3) is 9.87. The molecule has 1 aliphatic carbocycles. The summed E-state index contributed by atoms with van der Waals surface area (Å²) in [5.74, 6) is -0.888. The first-order valence-corrected chi connectivity index (χ1v) is 21.2. The molecular weight excluding hydrogens is 725 g/mol. The average molecular weight is 783 g/mol. The van der Waals surface area contributed by atoms with Gasteiger partial charge in [0.25, 0.3) is 10.1 Å². The number of unbranched alkanes of at least 4 members (excludes halogenated alkanes) is 2. The summed E-state index contributed by atoms with van der Waals surface area (Å²) in [4.78, 5) is 14.5. The molecule has 1 aromatic carbocycles. The Labute approximate surface area is 314 Å². The molecule has 0 amide bonds. The number of allylic oxidation sites excluding steroid dienone is 8. The fourth-order valence-corrected chi connectivity index (χ4v) is 9.73. The summed E-state index contributed by atoms with van der Waals surface area (Å²) < 4.78 is 83.1. The number of carboxylic acid groups (broad SMARTS) is 1. The first kappa shape index (κ1) is 42.8. The maximum Gasteiger partial charge on any atom is 0.405 e. The molecule has 5 unspecified atom stereocenters. The predicted octanol–water partition coefficient (Wildman–Crippen LogP) is 3.71. The standard InChI is InChI=1S/C38H56N2O11S2/c1-37(19-23-49-3)30-26-28(52(43,44)45)15-17-32(30)39(21-11-7-10-14-36(41)42)34(37)12-8-6-9-13-35-38(2,20-24-50-4)31-27-29(53(46,47)48)16-18-33(31)40(35)22-25-51-5/h6,8,12,15-18,26,31,35H,7,9-11,13-14,19-25,27H2,1-5H3,(H,41,42)(H,43,44,45)(H,46,47,48)/p+2. The monoisotopic (exact) mass is 782 g/mol. The summed E-state index contributed by atoms with van der Waals surface area (Å²) in [5, 5.41) is 9.11. The van der Waals surface area contributed by atoms with E-state index >= 15 is 0 Å². The number of carboxylic acids is 1. The minimum absolute atomic E-state index is 0.0594. The lowest BCUT2D eigenvalue weighted by Crippen LogP contribution is -3.13. The van der Waals surface area contributed by atoms with Crippen LogP contribution in [0.4, 0.5) is 5.69 Å². The van der Waals surface area contributed by atoms with E-state index in [9.17, 15) is 26.2 Å². The van der Waals surface area contributed by atoms with E-state index in [4.69, 9.17) is 23.9 Å². The highest BCUT2D eigenvalue weighted by molar-refractivity contribution is 7.89. The molecule has 5 N–H and O–H groups in total. The molecule has 296 valence electrons. The van der Waals surface area contributed by atoms with Crippen molar-refractivity contribution in [1.82, 2.24) is 0 Å². The van der Waals surface area contributed by atoms with E-state index in [-0.39, 0.29) is 33.6 Å². The molecular formula is C38H58N2O11S2+2. The Balaban J connectivity index is 1.65. The van der Waals surface area contributed by atoms with E-state index < -0.39 is 31.6 Å². The van der Waals surface area contributed by atoms with Crippen LogP contribution in [0.5, 0.6) is 0 Å². The second-order valence-electron chi connectivity index (χ2n) is 14.7. The van der Waals surface area contributed by atoms with Crippen molar-refractivity contribution in [3.8, 4) is 0 Å². The van der Waals surface area contributed by atoms with Crippen molar-refractivity contribution < 1.29 is 55.0 Å². The number of methoxy groups -OCH3 is 3. The summed E-state index contributed by atoms with van der Waals surface area (Å²) in [6, 6.07) is 4.81. The number of nitrogens with zero attached hydrogens (tertiary/aromatic N) is 1. The van der Waals surface area contributed by atoms with E-state index in [2.05, 4.69) is 24.0 Å². The summed E-state index contributed by atoms with van der Waals surface area (Å²) in [7, 11) is -3.56. The average Bonchev–Trinajstić information content (AvgIpc) is 3.47. The Kier molecular flexibility index (Phi) is 14.7. The molecule has 1 fully saturated rings. The van der Waals surface area contributed by atoms with Crippen molar-refractivity contribution in [2.24, 2.45) is 11.3 Å². The molecule has 15 heteroatoms. The van der Waals surface area contributed by atoms with Crippen LogP contribution in [0.25, 0.3) is 0 Å². The minimum atomic E-state index is -4.44. The number of rotatable bonds is 21. The molecule has 0 aromatic heterocycles. The fourth-order valence-electron chi connectivity index (χ4n) is 8.59. The first-order valence-electron chi connectivity index (χ1n) is 18.2. The molecule has 2 heterocycles. The highest BCUT2D eigenvalue weighted by atomic mass is 32.2. The molecule has 13 nitrogen and oxygen atoms in total. The molecule has 2 aliphatic heterocycles. The Morgan fingerprint density at radius 1 is 1.02 bits per heavy atom. The number of carbonyl (C=O) groups is 1. The lowest BCUT2D eigenvalue weighted by molar-refractivity contribution is -0.883. The van der Waals surface area contributed by atoms with Gasteiger partial charge >= 0.3 is 16.1 Å². The smallest absolute Gasteiger partial charge is 0.405 e. The summed E-state index contributed by atoms with van der Waals surface area (Å²) in [5.41, 5.74) is 2.76. The number of hydrogen-bond acceptors (Lipinski definition) is 9. The lowest BCUT2D eigenvalue weighted by atomic mass is 9.68. The Morgan fingerprint density at radius 3 is 2.36 bits per heavy atom. The summed E-state index contributed by atoms with van der Waals surface area (Å²) in [6.07, 6.45) is 14.9. The van der Waals surface area contributed by atoms with Gasteiger partial charge in [0.1, 0.15) is 17.1 Å². The van der Waals surface area contributed by atoms with Crippen molar-refractivity contribution in [3.05, 3.63) is 70.4 Å². The number of hydrogen-bond donors (Lipinski definition) is 3. The second-order valence-corrected chi connectivity index (χ2v) is 17.7. The van der Waals surface area contributed by atoms with E-state index in [1.165, 1.54) is 11.0 Å². The number of nitrogens with one attached hydrogen (secondary N) is 1.